The molecule has 2 aliphatic heterocycles. The van der Waals surface area contributed by atoms with Crippen molar-refractivity contribution in [2.45, 2.75) is 24.0 Å². The second-order valence-electron chi connectivity index (χ2n) is 7.50. The van der Waals surface area contributed by atoms with Crippen molar-refractivity contribution in [1.82, 2.24) is 4.90 Å². The van der Waals surface area contributed by atoms with E-state index in [-0.39, 0.29) is 39.3 Å². The molecular weight excluding hydrogens is 447 g/mol. The molecule has 31 heavy (non-hydrogen) atoms. The molecule has 2 aromatic carbocycles. The zero-order valence-electron chi connectivity index (χ0n) is 16.6. The summed E-state index contributed by atoms with van der Waals surface area (Å²) in [5, 5.41) is -0.0135. The number of sulfonamides is 1. The summed E-state index contributed by atoms with van der Waals surface area (Å²) in [6.07, 6.45) is 1.30. The topological polar surface area (TPSA) is 84.9 Å². The molecule has 0 aromatic heterocycles. The smallest absolute Gasteiger partial charge is 0.263 e. The monoisotopic (exact) mass is 468 g/mol. The van der Waals surface area contributed by atoms with Crippen LogP contribution in [0.15, 0.2) is 47.4 Å². The standard InChI is InChI=1S/C21H22ClFN2O5S/c22-18-6-1-15(13-19(18)31(27,28)24-17-4-2-16(23)3-5-17)20(26)25-9-7-14(8-10-25)21-29-11-12-30-21/h1-6,13-14,21,24H,7-12H2. The van der Waals surface area contributed by atoms with Crippen LogP contribution in [0.3, 0.4) is 0 Å². The number of rotatable bonds is 5. The molecule has 166 valence electrons. The van der Waals surface area contributed by atoms with Gasteiger partial charge in [-0.2, -0.15) is 0 Å². The van der Waals surface area contributed by atoms with Crippen molar-refractivity contribution in [3.63, 3.8) is 0 Å². The Kier molecular flexibility index (Phi) is 6.47. The van der Waals surface area contributed by atoms with Gasteiger partial charge in [0.25, 0.3) is 15.9 Å². The van der Waals surface area contributed by atoms with E-state index in [0.717, 1.165) is 25.0 Å². The second kappa shape index (κ2) is 9.12. The van der Waals surface area contributed by atoms with Crippen LogP contribution in [-0.2, 0) is 19.5 Å². The van der Waals surface area contributed by atoms with Crippen LogP contribution in [0.4, 0.5) is 10.1 Å². The van der Waals surface area contributed by atoms with Gasteiger partial charge in [0.1, 0.15) is 10.7 Å². The molecule has 0 aliphatic carbocycles. The molecule has 0 bridgehead atoms. The molecular formula is C21H22ClFN2O5S. The lowest BCUT2D eigenvalue weighted by molar-refractivity contribution is -0.0956. The van der Waals surface area contributed by atoms with Gasteiger partial charge in [-0.15, -0.1) is 0 Å². The average molecular weight is 469 g/mol. The summed E-state index contributed by atoms with van der Waals surface area (Å²) < 4.78 is 52.2. The molecule has 2 fully saturated rings. The minimum Gasteiger partial charge on any atom is -0.350 e. The van der Waals surface area contributed by atoms with Gasteiger partial charge in [0.05, 0.1) is 18.2 Å². The summed E-state index contributed by atoms with van der Waals surface area (Å²) in [7, 11) is -4.07. The highest BCUT2D eigenvalue weighted by Gasteiger charge is 2.32. The molecule has 7 nitrogen and oxygen atoms in total. The Bertz CT molecular complexity index is 1050. The zero-order chi connectivity index (χ0) is 22.0. The molecule has 1 N–H and O–H groups in total. The highest BCUT2D eigenvalue weighted by molar-refractivity contribution is 7.92. The Hall–Kier alpha value is -2.20. The van der Waals surface area contributed by atoms with E-state index in [2.05, 4.69) is 4.72 Å². The summed E-state index contributed by atoms with van der Waals surface area (Å²) in [4.78, 5) is 14.5. The Morgan fingerprint density at radius 2 is 1.71 bits per heavy atom. The van der Waals surface area contributed by atoms with Crippen molar-refractivity contribution in [3.05, 3.63) is 58.9 Å². The fraction of sp³-hybridized carbons (Fsp3) is 0.381. The normalized spacial score (nSPS) is 18.3. The van der Waals surface area contributed by atoms with E-state index in [1.165, 1.54) is 30.3 Å². The van der Waals surface area contributed by atoms with Gasteiger partial charge >= 0.3 is 0 Å². The minimum atomic E-state index is -4.07. The molecule has 2 heterocycles. The fourth-order valence-electron chi connectivity index (χ4n) is 3.78. The zero-order valence-corrected chi connectivity index (χ0v) is 18.2. The van der Waals surface area contributed by atoms with E-state index >= 15 is 0 Å². The first-order chi connectivity index (χ1) is 14.8. The van der Waals surface area contributed by atoms with E-state index < -0.39 is 15.8 Å². The molecule has 0 saturated carbocycles. The summed E-state index contributed by atoms with van der Waals surface area (Å²) >= 11 is 6.12. The number of nitrogens with zero attached hydrogens (tertiary/aromatic N) is 1. The number of likely N-dealkylation sites (tertiary alicyclic amines) is 1. The van der Waals surface area contributed by atoms with Gasteiger partial charge in [0.15, 0.2) is 6.29 Å². The molecule has 1 amide bonds. The lowest BCUT2D eigenvalue weighted by Crippen LogP contribution is -2.41. The maximum absolute atomic E-state index is 13.1. The number of carbonyl (C=O) groups is 1. The molecule has 0 atom stereocenters. The quantitative estimate of drug-likeness (QED) is 0.726. The molecule has 4 rings (SSSR count). The summed E-state index contributed by atoms with van der Waals surface area (Å²) in [6, 6.07) is 9.06. The summed E-state index contributed by atoms with van der Waals surface area (Å²) in [5.74, 6) is -0.502. The first kappa shape index (κ1) is 22.0. The number of nitrogens with one attached hydrogen (secondary N) is 1. The lowest BCUT2D eigenvalue weighted by atomic mass is 9.95. The Morgan fingerprint density at radius 1 is 1.06 bits per heavy atom. The Labute approximate surface area is 185 Å². The third-order valence-corrected chi connectivity index (χ3v) is 7.29. The van der Waals surface area contributed by atoms with Crippen LogP contribution >= 0.6 is 11.6 Å². The van der Waals surface area contributed by atoms with Gasteiger partial charge in [0.2, 0.25) is 0 Å². The van der Waals surface area contributed by atoms with Crippen molar-refractivity contribution >= 4 is 33.2 Å². The van der Waals surface area contributed by atoms with Crippen molar-refractivity contribution < 1.29 is 27.1 Å². The van der Waals surface area contributed by atoms with E-state index in [0.29, 0.717) is 26.3 Å². The Balaban J connectivity index is 1.48. The molecule has 0 unspecified atom stereocenters. The summed E-state index contributed by atoms with van der Waals surface area (Å²) in [5.41, 5.74) is 0.420. The number of carbonyl (C=O) groups excluding carboxylic acids is 1. The number of benzene rings is 2. The number of piperidine rings is 1. The highest BCUT2D eigenvalue weighted by Crippen LogP contribution is 2.29. The predicted molar refractivity (Wildman–Crippen MR) is 113 cm³/mol. The van der Waals surface area contributed by atoms with Crippen LogP contribution in [-0.4, -0.2) is 51.8 Å². The molecule has 10 heteroatoms. The number of ether oxygens (including phenoxy) is 2. The van der Waals surface area contributed by atoms with Crippen molar-refractivity contribution in [2.75, 3.05) is 31.0 Å². The van der Waals surface area contributed by atoms with Gasteiger partial charge in [-0.05, 0) is 55.3 Å². The fourth-order valence-corrected chi connectivity index (χ4v) is 5.36. The van der Waals surface area contributed by atoms with Crippen LogP contribution in [0.2, 0.25) is 5.02 Å². The van der Waals surface area contributed by atoms with Crippen molar-refractivity contribution in [3.8, 4) is 0 Å². The number of amides is 1. The number of hydrogen-bond acceptors (Lipinski definition) is 5. The molecule has 2 aliphatic rings. The largest absolute Gasteiger partial charge is 0.350 e. The lowest BCUT2D eigenvalue weighted by Gasteiger charge is -2.34. The van der Waals surface area contributed by atoms with E-state index in [9.17, 15) is 17.6 Å². The van der Waals surface area contributed by atoms with Crippen LogP contribution in [0.1, 0.15) is 23.2 Å². The van der Waals surface area contributed by atoms with E-state index in [1.54, 1.807) is 4.90 Å². The maximum atomic E-state index is 13.1. The third kappa shape index (κ3) is 5.01. The molecule has 2 aromatic rings. The van der Waals surface area contributed by atoms with Gasteiger partial charge < -0.3 is 14.4 Å². The predicted octanol–water partition coefficient (Wildman–Crippen LogP) is 3.51. The average Bonchev–Trinajstić information content (AvgIpc) is 3.30. The van der Waals surface area contributed by atoms with Crippen molar-refractivity contribution in [2.24, 2.45) is 5.92 Å². The van der Waals surface area contributed by atoms with E-state index in [1.807, 2.05) is 0 Å². The Morgan fingerprint density at radius 3 is 2.35 bits per heavy atom. The number of halogens is 2. The summed E-state index contributed by atoms with van der Waals surface area (Å²) in [6.45, 7) is 2.26. The van der Waals surface area contributed by atoms with Gasteiger partial charge in [-0.1, -0.05) is 11.6 Å². The van der Waals surface area contributed by atoms with Gasteiger partial charge in [-0.25, -0.2) is 12.8 Å². The first-order valence-electron chi connectivity index (χ1n) is 9.94. The molecule has 0 radical (unpaired) electrons. The third-order valence-electron chi connectivity index (χ3n) is 5.42. The minimum absolute atomic E-state index is 0.0135. The number of hydrogen-bond donors (Lipinski definition) is 1. The maximum Gasteiger partial charge on any atom is 0.263 e. The van der Waals surface area contributed by atoms with Crippen LogP contribution in [0.5, 0.6) is 0 Å². The number of anilines is 1. The SMILES string of the molecule is O=C(c1ccc(Cl)c(S(=O)(=O)Nc2ccc(F)cc2)c1)N1CCC(C2OCCO2)CC1. The second-order valence-corrected chi connectivity index (χ2v) is 9.56. The first-order valence-corrected chi connectivity index (χ1v) is 11.8. The van der Waals surface area contributed by atoms with E-state index in [4.69, 9.17) is 21.1 Å². The van der Waals surface area contributed by atoms with Crippen LogP contribution in [0.25, 0.3) is 0 Å². The highest BCUT2D eigenvalue weighted by atomic mass is 35.5. The van der Waals surface area contributed by atoms with Crippen LogP contribution < -0.4 is 4.72 Å². The van der Waals surface area contributed by atoms with Gasteiger partial charge in [-0.3, -0.25) is 9.52 Å². The van der Waals surface area contributed by atoms with Gasteiger partial charge in [0, 0.05) is 30.3 Å². The van der Waals surface area contributed by atoms with Crippen molar-refractivity contribution in [1.29, 1.82) is 0 Å². The molecule has 2 saturated heterocycles. The molecule has 0 spiro atoms. The van der Waals surface area contributed by atoms with Crippen LogP contribution in [0, 0.1) is 11.7 Å².